The summed E-state index contributed by atoms with van der Waals surface area (Å²) in [4.78, 5) is 15.1. The highest BCUT2D eigenvalue weighted by Gasteiger charge is 2.15. The molecule has 0 saturated carbocycles. The fraction of sp³-hybridized carbons (Fsp3) is 0.273. The molecule has 0 aliphatic carbocycles. The molecule has 6 nitrogen and oxygen atoms in total. The zero-order valence-electron chi connectivity index (χ0n) is 16.2. The second-order valence-corrected chi connectivity index (χ2v) is 6.87. The van der Waals surface area contributed by atoms with Crippen LogP contribution in [-0.4, -0.2) is 29.2 Å². The Balaban J connectivity index is 1.56. The summed E-state index contributed by atoms with van der Waals surface area (Å²) in [6.07, 6.45) is 1.36. The summed E-state index contributed by atoms with van der Waals surface area (Å²) in [5.74, 6) is 1.24. The number of carbonyl (C=O) groups is 1. The number of aryl methyl sites for hydroxylation is 1. The van der Waals surface area contributed by atoms with Crippen LogP contribution in [0.15, 0.2) is 52.9 Å². The number of halogens is 1. The molecule has 152 valence electrons. The van der Waals surface area contributed by atoms with Gasteiger partial charge in [-0.15, -0.1) is 0 Å². The minimum atomic E-state index is -0.873. The molecule has 0 radical (unpaired) electrons. The van der Waals surface area contributed by atoms with Crippen LogP contribution in [0, 0.1) is 0 Å². The molecule has 3 rings (SSSR count). The van der Waals surface area contributed by atoms with E-state index < -0.39 is 5.97 Å². The van der Waals surface area contributed by atoms with Gasteiger partial charge in [0, 0.05) is 19.4 Å². The summed E-state index contributed by atoms with van der Waals surface area (Å²) in [5, 5.41) is 12.1. The number of aromatic nitrogens is 1. The summed E-state index contributed by atoms with van der Waals surface area (Å²) in [6.45, 7) is 2.93. The molecule has 0 unspecified atom stereocenters. The Morgan fingerprint density at radius 1 is 1.21 bits per heavy atom. The molecule has 3 aromatic rings. The third-order valence-corrected chi connectivity index (χ3v) is 4.67. The number of carboxylic acid groups (broad SMARTS) is 1. The average molecular weight is 415 g/mol. The third kappa shape index (κ3) is 5.82. The number of oxazole rings is 1. The van der Waals surface area contributed by atoms with Crippen molar-refractivity contribution in [2.24, 2.45) is 0 Å². The van der Waals surface area contributed by atoms with Gasteiger partial charge < -0.3 is 19.6 Å². The van der Waals surface area contributed by atoms with Gasteiger partial charge in [-0.1, -0.05) is 42.8 Å². The van der Waals surface area contributed by atoms with Gasteiger partial charge in [-0.2, -0.15) is 0 Å². The van der Waals surface area contributed by atoms with Crippen molar-refractivity contribution in [3.05, 3.63) is 70.6 Å². The van der Waals surface area contributed by atoms with E-state index in [0.717, 1.165) is 34.8 Å². The zero-order valence-corrected chi connectivity index (χ0v) is 16.9. The molecule has 0 saturated heterocycles. The van der Waals surface area contributed by atoms with Crippen molar-refractivity contribution < 1.29 is 19.1 Å². The van der Waals surface area contributed by atoms with E-state index in [-0.39, 0.29) is 6.54 Å². The predicted octanol–water partition coefficient (Wildman–Crippen LogP) is 4.35. The van der Waals surface area contributed by atoms with Crippen LogP contribution in [0.2, 0.25) is 5.02 Å². The predicted molar refractivity (Wildman–Crippen MR) is 111 cm³/mol. The number of aliphatic carboxylic acids is 1. The number of hydrogen-bond acceptors (Lipinski definition) is 5. The molecule has 2 aromatic carbocycles. The maximum Gasteiger partial charge on any atom is 0.317 e. The normalized spacial score (nSPS) is 10.8. The van der Waals surface area contributed by atoms with Crippen molar-refractivity contribution in [3.63, 3.8) is 0 Å². The second kappa shape index (κ2) is 10.1. The van der Waals surface area contributed by atoms with E-state index in [1.54, 1.807) is 0 Å². The first-order chi connectivity index (χ1) is 14.1. The maximum absolute atomic E-state index is 10.5. The van der Waals surface area contributed by atoms with Crippen LogP contribution < -0.4 is 10.1 Å². The van der Waals surface area contributed by atoms with Gasteiger partial charge in [0.25, 0.3) is 0 Å². The fourth-order valence-electron chi connectivity index (χ4n) is 2.89. The van der Waals surface area contributed by atoms with E-state index in [4.69, 9.17) is 25.9 Å². The number of nitrogens with one attached hydrogen (secondary N) is 1. The Hall–Kier alpha value is -2.83. The Kier molecular flexibility index (Phi) is 7.27. The second-order valence-electron chi connectivity index (χ2n) is 6.46. The summed E-state index contributed by atoms with van der Waals surface area (Å²) < 4.78 is 11.7. The van der Waals surface area contributed by atoms with Crippen LogP contribution in [0.25, 0.3) is 11.5 Å². The molecule has 29 heavy (non-hydrogen) atoms. The zero-order chi connectivity index (χ0) is 20.6. The molecule has 0 aliphatic rings. The van der Waals surface area contributed by atoms with Crippen molar-refractivity contribution in [3.8, 4) is 17.2 Å². The van der Waals surface area contributed by atoms with Gasteiger partial charge in [-0.25, -0.2) is 4.98 Å². The van der Waals surface area contributed by atoms with E-state index in [2.05, 4.69) is 10.3 Å². The molecule has 1 aromatic heterocycles. The molecule has 0 aliphatic heterocycles. The van der Waals surface area contributed by atoms with Crippen molar-refractivity contribution in [2.75, 3.05) is 13.2 Å². The van der Waals surface area contributed by atoms with E-state index in [1.807, 2.05) is 55.5 Å². The number of ether oxygens (including phenoxy) is 1. The summed E-state index contributed by atoms with van der Waals surface area (Å²) in [6, 6.07) is 15.0. The largest absolute Gasteiger partial charge is 0.493 e. The van der Waals surface area contributed by atoms with Crippen LogP contribution in [-0.2, 0) is 24.2 Å². The molecule has 0 spiro atoms. The number of hydrogen-bond donors (Lipinski definition) is 2. The molecular formula is C22H23ClN2O4. The van der Waals surface area contributed by atoms with Crippen LogP contribution >= 0.6 is 11.6 Å². The number of benzene rings is 2. The van der Waals surface area contributed by atoms with E-state index >= 15 is 0 Å². The Morgan fingerprint density at radius 2 is 1.97 bits per heavy atom. The quantitative estimate of drug-likeness (QED) is 0.513. The fourth-order valence-corrected chi connectivity index (χ4v) is 3.10. The topological polar surface area (TPSA) is 84.6 Å². The van der Waals surface area contributed by atoms with E-state index in [0.29, 0.717) is 30.5 Å². The van der Waals surface area contributed by atoms with Crippen molar-refractivity contribution >= 4 is 17.6 Å². The first kappa shape index (κ1) is 20.9. The molecule has 0 bridgehead atoms. The minimum absolute atomic E-state index is 0.0636. The lowest BCUT2D eigenvalue weighted by Gasteiger charge is -2.07. The van der Waals surface area contributed by atoms with Crippen LogP contribution in [0.3, 0.4) is 0 Å². The van der Waals surface area contributed by atoms with Crippen molar-refractivity contribution in [2.45, 2.75) is 26.3 Å². The highest BCUT2D eigenvalue weighted by atomic mass is 35.5. The molecule has 1 heterocycles. The lowest BCUT2D eigenvalue weighted by Crippen LogP contribution is -2.21. The van der Waals surface area contributed by atoms with Gasteiger partial charge >= 0.3 is 5.97 Å². The number of nitrogens with zero attached hydrogens (tertiary/aromatic N) is 1. The van der Waals surface area contributed by atoms with Gasteiger partial charge in [0.1, 0.15) is 11.5 Å². The molecule has 0 atom stereocenters. The Labute approximate surface area is 174 Å². The molecule has 0 amide bonds. The SMILES string of the molecule is CCc1oc(-c2ccccc2Cl)nc1CCOc1ccc(CNCC(=O)O)cc1. The summed E-state index contributed by atoms with van der Waals surface area (Å²) >= 11 is 6.25. The van der Waals surface area contributed by atoms with Crippen molar-refractivity contribution in [1.29, 1.82) is 0 Å². The number of rotatable bonds is 10. The molecule has 0 fully saturated rings. The van der Waals surface area contributed by atoms with Crippen molar-refractivity contribution in [1.82, 2.24) is 10.3 Å². The van der Waals surface area contributed by atoms with Gasteiger partial charge in [-0.3, -0.25) is 4.79 Å². The highest BCUT2D eigenvalue weighted by Crippen LogP contribution is 2.29. The van der Waals surface area contributed by atoms with Gasteiger partial charge in [0.15, 0.2) is 0 Å². The first-order valence-corrected chi connectivity index (χ1v) is 9.82. The maximum atomic E-state index is 10.5. The van der Waals surface area contributed by atoms with Crippen LogP contribution in [0.1, 0.15) is 23.9 Å². The lowest BCUT2D eigenvalue weighted by atomic mass is 10.2. The monoisotopic (exact) mass is 414 g/mol. The van der Waals surface area contributed by atoms with E-state index in [9.17, 15) is 4.79 Å². The Morgan fingerprint density at radius 3 is 2.66 bits per heavy atom. The number of carboxylic acids is 1. The lowest BCUT2D eigenvalue weighted by molar-refractivity contribution is -0.135. The highest BCUT2D eigenvalue weighted by molar-refractivity contribution is 6.33. The third-order valence-electron chi connectivity index (χ3n) is 4.34. The summed E-state index contributed by atoms with van der Waals surface area (Å²) in [5.41, 5.74) is 2.65. The molecule has 2 N–H and O–H groups in total. The standard InChI is InChI=1S/C22H23ClN2O4/c1-2-20-19(25-22(29-20)17-5-3-4-6-18(17)23)11-12-28-16-9-7-15(8-10-16)13-24-14-21(26)27/h3-10,24H,2,11-14H2,1H3,(H,26,27). The molecular weight excluding hydrogens is 392 g/mol. The van der Waals surface area contributed by atoms with Gasteiger partial charge in [0.05, 0.1) is 29.4 Å². The van der Waals surface area contributed by atoms with Crippen LogP contribution in [0.4, 0.5) is 0 Å². The first-order valence-electron chi connectivity index (χ1n) is 9.44. The van der Waals surface area contributed by atoms with E-state index in [1.165, 1.54) is 0 Å². The van der Waals surface area contributed by atoms with Gasteiger partial charge in [-0.05, 0) is 29.8 Å². The summed E-state index contributed by atoms with van der Waals surface area (Å²) in [7, 11) is 0. The van der Waals surface area contributed by atoms with Crippen LogP contribution in [0.5, 0.6) is 5.75 Å². The molecule has 7 heteroatoms. The average Bonchev–Trinajstić information content (AvgIpc) is 3.12. The Bertz CT molecular complexity index is 954. The minimum Gasteiger partial charge on any atom is -0.493 e. The smallest absolute Gasteiger partial charge is 0.317 e. The van der Waals surface area contributed by atoms with Gasteiger partial charge in [0.2, 0.25) is 5.89 Å².